The van der Waals surface area contributed by atoms with Crippen molar-refractivity contribution in [2.24, 2.45) is 0 Å². The summed E-state index contributed by atoms with van der Waals surface area (Å²) in [7, 11) is -0.333. The van der Waals surface area contributed by atoms with Gasteiger partial charge < -0.3 is 9.47 Å². The Balaban J connectivity index is 2.43. The van der Waals surface area contributed by atoms with E-state index in [0.717, 1.165) is 5.56 Å². The van der Waals surface area contributed by atoms with Crippen molar-refractivity contribution in [3.8, 4) is 11.5 Å². The lowest BCUT2D eigenvalue weighted by Gasteiger charge is -2.23. The summed E-state index contributed by atoms with van der Waals surface area (Å²) < 4.78 is 36.1. The molecular weight excluding hydrogens is 302 g/mol. The fourth-order valence-electron chi connectivity index (χ4n) is 2.15. The molecule has 0 unspecified atom stereocenters. The summed E-state index contributed by atoms with van der Waals surface area (Å²) in [6, 6.07) is 14.3. The van der Waals surface area contributed by atoms with Crippen molar-refractivity contribution in [1.29, 1.82) is 0 Å². The molecule has 0 amide bonds. The molecule has 0 aliphatic heterocycles. The maximum Gasteiger partial charge on any atom is 0.232 e. The number of nitrogens with zero attached hydrogens (tertiary/aromatic N) is 1. The first-order valence-electron chi connectivity index (χ1n) is 6.69. The highest BCUT2D eigenvalue weighted by Crippen LogP contribution is 2.27. The van der Waals surface area contributed by atoms with Crippen molar-refractivity contribution in [3.63, 3.8) is 0 Å². The van der Waals surface area contributed by atoms with E-state index in [4.69, 9.17) is 9.47 Å². The molecule has 118 valence electrons. The van der Waals surface area contributed by atoms with Gasteiger partial charge in [-0.15, -0.1) is 0 Å². The lowest BCUT2D eigenvalue weighted by molar-refractivity contribution is 0.409. The van der Waals surface area contributed by atoms with Crippen LogP contribution < -0.4 is 13.8 Å². The van der Waals surface area contributed by atoms with Crippen molar-refractivity contribution >= 4 is 15.7 Å². The molecular formula is C16H19NO4S. The number of benzene rings is 2. The van der Waals surface area contributed by atoms with Gasteiger partial charge in [0.25, 0.3) is 0 Å². The van der Waals surface area contributed by atoms with E-state index in [9.17, 15) is 8.42 Å². The molecule has 0 aliphatic carbocycles. The third-order valence-electron chi connectivity index (χ3n) is 3.25. The Hall–Kier alpha value is -2.21. The molecule has 0 spiro atoms. The first-order chi connectivity index (χ1) is 10.5. The molecule has 0 radical (unpaired) electrons. The second-order valence-electron chi connectivity index (χ2n) is 4.78. The Kier molecular flexibility index (Phi) is 4.92. The quantitative estimate of drug-likeness (QED) is 0.821. The highest BCUT2D eigenvalue weighted by Gasteiger charge is 2.20. The second kappa shape index (κ2) is 6.70. The zero-order valence-corrected chi connectivity index (χ0v) is 13.6. The number of sulfonamides is 1. The summed E-state index contributed by atoms with van der Waals surface area (Å²) in [6.07, 6.45) is 1.18. The second-order valence-corrected chi connectivity index (χ2v) is 6.69. The fraction of sp³-hybridized carbons (Fsp3) is 0.250. The highest BCUT2D eigenvalue weighted by molar-refractivity contribution is 7.92. The SMILES string of the molecule is COc1cccc(N(Cc2ccccc2OC)S(C)(=O)=O)c1. The van der Waals surface area contributed by atoms with Gasteiger partial charge in [0, 0.05) is 11.6 Å². The number of hydrogen-bond acceptors (Lipinski definition) is 4. The van der Waals surface area contributed by atoms with Gasteiger partial charge >= 0.3 is 0 Å². The van der Waals surface area contributed by atoms with Crippen LogP contribution in [-0.4, -0.2) is 28.9 Å². The molecule has 22 heavy (non-hydrogen) atoms. The van der Waals surface area contributed by atoms with Gasteiger partial charge in [-0.05, 0) is 18.2 Å². The Morgan fingerprint density at radius 1 is 1.00 bits per heavy atom. The number of anilines is 1. The standard InChI is InChI=1S/C16H19NO4S/c1-20-15-9-6-8-14(11-15)17(22(3,18)19)12-13-7-4-5-10-16(13)21-2/h4-11H,12H2,1-3H3. The van der Waals surface area contributed by atoms with Gasteiger partial charge in [-0.1, -0.05) is 24.3 Å². The zero-order valence-electron chi connectivity index (χ0n) is 12.8. The van der Waals surface area contributed by atoms with E-state index in [0.29, 0.717) is 17.2 Å². The average molecular weight is 321 g/mol. The number of hydrogen-bond donors (Lipinski definition) is 0. The van der Waals surface area contributed by atoms with Crippen LogP contribution in [0.2, 0.25) is 0 Å². The molecule has 0 aliphatic rings. The summed E-state index contributed by atoms with van der Waals surface area (Å²) in [5.74, 6) is 1.25. The number of rotatable bonds is 6. The molecule has 0 bridgehead atoms. The minimum atomic E-state index is -3.44. The van der Waals surface area contributed by atoms with Crippen LogP contribution in [0.4, 0.5) is 5.69 Å². The predicted octanol–water partition coefficient (Wildman–Crippen LogP) is 2.67. The normalized spacial score (nSPS) is 11.0. The van der Waals surface area contributed by atoms with E-state index >= 15 is 0 Å². The predicted molar refractivity (Wildman–Crippen MR) is 87.0 cm³/mol. The molecule has 0 saturated heterocycles. The van der Waals surface area contributed by atoms with E-state index in [2.05, 4.69) is 0 Å². The van der Waals surface area contributed by atoms with Crippen LogP contribution in [0, 0.1) is 0 Å². The van der Waals surface area contributed by atoms with Crippen molar-refractivity contribution in [2.45, 2.75) is 6.54 Å². The highest BCUT2D eigenvalue weighted by atomic mass is 32.2. The summed E-state index contributed by atoms with van der Waals surface area (Å²) in [5, 5.41) is 0. The molecule has 0 atom stereocenters. The first kappa shape index (κ1) is 16.2. The molecule has 5 nitrogen and oxygen atoms in total. The average Bonchev–Trinajstić information content (AvgIpc) is 2.51. The van der Waals surface area contributed by atoms with Crippen LogP contribution >= 0.6 is 0 Å². The monoisotopic (exact) mass is 321 g/mol. The lowest BCUT2D eigenvalue weighted by Crippen LogP contribution is -2.29. The lowest BCUT2D eigenvalue weighted by atomic mass is 10.2. The van der Waals surface area contributed by atoms with Crippen LogP contribution in [0.3, 0.4) is 0 Å². The molecule has 6 heteroatoms. The molecule has 0 heterocycles. The van der Waals surface area contributed by atoms with Gasteiger partial charge in [-0.2, -0.15) is 0 Å². The van der Waals surface area contributed by atoms with Crippen molar-refractivity contribution < 1.29 is 17.9 Å². The van der Waals surface area contributed by atoms with E-state index in [-0.39, 0.29) is 6.54 Å². The first-order valence-corrected chi connectivity index (χ1v) is 8.54. The Morgan fingerprint density at radius 3 is 2.36 bits per heavy atom. The van der Waals surface area contributed by atoms with Crippen LogP contribution in [0.1, 0.15) is 5.56 Å². The summed E-state index contributed by atoms with van der Waals surface area (Å²) in [6.45, 7) is 0.190. The molecule has 2 rings (SSSR count). The van der Waals surface area contributed by atoms with Crippen LogP contribution in [0.25, 0.3) is 0 Å². The number of ether oxygens (including phenoxy) is 2. The minimum Gasteiger partial charge on any atom is -0.497 e. The fourth-order valence-corrected chi connectivity index (χ4v) is 3.02. The van der Waals surface area contributed by atoms with E-state index in [1.165, 1.54) is 10.6 Å². The smallest absolute Gasteiger partial charge is 0.232 e. The number of methoxy groups -OCH3 is 2. The molecule has 0 N–H and O–H groups in total. The topological polar surface area (TPSA) is 55.8 Å². The number of para-hydroxylation sites is 1. The van der Waals surface area contributed by atoms with Gasteiger partial charge in [0.05, 0.1) is 32.7 Å². The molecule has 0 saturated carbocycles. The molecule has 2 aromatic rings. The van der Waals surface area contributed by atoms with Crippen LogP contribution in [0.5, 0.6) is 11.5 Å². The van der Waals surface area contributed by atoms with Gasteiger partial charge in [-0.25, -0.2) is 8.42 Å². The molecule has 0 fully saturated rings. The minimum absolute atomic E-state index is 0.190. The Labute approximate surface area is 131 Å². The third-order valence-corrected chi connectivity index (χ3v) is 4.39. The summed E-state index contributed by atoms with van der Waals surface area (Å²) in [5.41, 5.74) is 1.34. The van der Waals surface area contributed by atoms with E-state index in [1.807, 2.05) is 18.2 Å². The maximum absolute atomic E-state index is 12.2. The summed E-state index contributed by atoms with van der Waals surface area (Å²) >= 11 is 0. The van der Waals surface area contributed by atoms with Crippen molar-refractivity contribution in [2.75, 3.05) is 24.8 Å². The van der Waals surface area contributed by atoms with Gasteiger partial charge in [0.2, 0.25) is 10.0 Å². The third kappa shape index (κ3) is 3.71. The Morgan fingerprint density at radius 2 is 1.73 bits per heavy atom. The van der Waals surface area contributed by atoms with Crippen molar-refractivity contribution in [1.82, 2.24) is 0 Å². The van der Waals surface area contributed by atoms with Crippen LogP contribution in [-0.2, 0) is 16.6 Å². The van der Waals surface area contributed by atoms with Gasteiger partial charge in [0.15, 0.2) is 0 Å². The van der Waals surface area contributed by atoms with E-state index in [1.54, 1.807) is 44.6 Å². The molecule has 2 aromatic carbocycles. The van der Waals surface area contributed by atoms with Crippen molar-refractivity contribution in [3.05, 3.63) is 54.1 Å². The zero-order chi connectivity index (χ0) is 16.2. The van der Waals surface area contributed by atoms with Gasteiger partial charge in [0.1, 0.15) is 11.5 Å². The van der Waals surface area contributed by atoms with E-state index < -0.39 is 10.0 Å². The van der Waals surface area contributed by atoms with Gasteiger partial charge in [-0.3, -0.25) is 4.31 Å². The Bertz CT molecular complexity index is 743. The maximum atomic E-state index is 12.2. The van der Waals surface area contributed by atoms with Crippen LogP contribution in [0.15, 0.2) is 48.5 Å². The summed E-state index contributed by atoms with van der Waals surface area (Å²) in [4.78, 5) is 0. The largest absolute Gasteiger partial charge is 0.497 e. The molecule has 0 aromatic heterocycles.